The Bertz CT molecular complexity index is 2820. The summed E-state index contributed by atoms with van der Waals surface area (Å²) in [4.78, 5) is 2.51. The first-order valence-corrected chi connectivity index (χ1v) is 19.5. The minimum atomic E-state index is -0.411. The molecular formula is C54H41N. The maximum Gasteiger partial charge on any atom is 0.0726 e. The van der Waals surface area contributed by atoms with E-state index in [4.69, 9.17) is 0 Å². The molecule has 0 atom stereocenters. The number of hydrogen-bond acceptors (Lipinski definition) is 1. The van der Waals surface area contributed by atoms with Crippen LogP contribution in [0, 0.1) is 13.8 Å². The number of nitrogens with zero attached hydrogens (tertiary/aromatic N) is 1. The average Bonchev–Trinajstić information content (AvgIpc) is 3.77. The Morgan fingerprint density at radius 3 is 1.42 bits per heavy atom. The van der Waals surface area contributed by atoms with Gasteiger partial charge < -0.3 is 4.90 Å². The fourth-order valence-electron chi connectivity index (χ4n) is 10.5. The van der Waals surface area contributed by atoms with Crippen molar-refractivity contribution in [2.24, 2.45) is 0 Å². The summed E-state index contributed by atoms with van der Waals surface area (Å²) in [6, 6.07) is 66.3. The summed E-state index contributed by atoms with van der Waals surface area (Å²) in [6.45, 7) is 9.19. The number of rotatable bonds is 4. The van der Waals surface area contributed by atoms with Crippen LogP contribution >= 0.6 is 0 Å². The molecule has 1 heteroatoms. The summed E-state index contributed by atoms with van der Waals surface area (Å²) >= 11 is 0. The van der Waals surface area contributed by atoms with Crippen molar-refractivity contribution in [3.8, 4) is 44.5 Å². The second-order valence-corrected chi connectivity index (χ2v) is 16.2. The molecule has 0 bridgehead atoms. The molecule has 0 N–H and O–H groups in total. The van der Waals surface area contributed by atoms with E-state index in [1.807, 2.05) is 0 Å². The predicted octanol–water partition coefficient (Wildman–Crippen LogP) is 14.1. The Labute approximate surface area is 324 Å². The SMILES string of the molecule is Cc1ccccc1-c1ccc(N(c2ccc3c(c2)-c2ccccc2C3(C)C)c2ccc3c(c2)C2(c4ccccc4-c4ccccc42)c2ccccc2-3)c(C)c1. The molecule has 0 saturated heterocycles. The van der Waals surface area contributed by atoms with Crippen LogP contribution in [0.5, 0.6) is 0 Å². The highest BCUT2D eigenvalue weighted by atomic mass is 15.1. The van der Waals surface area contributed by atoms with Gasteiger partial charge in [-0.2, -0.15) is 0 Å². The second kappa shape index (κ2) is 11.5. The highest BCUT2D eigenvalue weighted by Crippen LogP contribution is 2.63. The molecule has 0 aromatic heterocycles. The zero-order chi connectivity index (χ0) is 37.1. The van der Waals surface area contributed by atoms with E-state index in [1.54, 1.807) is 0 Å². The molecule has 1 nitrogen and oxygen atoms in total. The Hall–Kier alpha value is -6.44. The molecule has 55 heavy (non-hydrogen) atoms. The fraction of sp³-hybridized carbons (Fsp3) is 0.111. The van der Waals surface area contributed by atoms with Gasteiger partial charge in [-0.05, 0) is 139 Å². The molecule has 0 fully saturated rings. The molecule has 0 heterocycles. The topological polar surface area (TPSA) is 3.24 Å². The molecule has 0 aliphatic heterocycles. The molecule has 3 aliphatic rings. The van der Waals surface area contributed by atoms with Gasteiger partial charge in [-0.15, -0.1) is 0 Å². The minimum Gasteiger partial charge on any atom is -0.310 e. The minimum absolute atomic E-state index is 0.0601. The summed E-state index contributed by atoms with van der Waals surface area (Å²) in [5.41, 5.74) is 24.2. The van der Waals surface area contributed by atoms with Crippen LogP contribution < -0.4 is 4.90 Å². The monoisotopic (exact) mass is 703 g/mol. The van der Waals surface area contributed by atoms with Gasteiger partial charge in [0.2, 0.25) is 0 Å². The molecule has 3 aliphatic carbocycles. The molecule has 0 amide bonds. The van der Waals surface area contributed by atoms with Gasteiger partial charge in [-0.3, -0.25) is 0 Å². The van der Waals surface area contributed by atoms with Gasteiger partial charge in [-0.1, -0.05) is 153 Å². The van der Waals surface area contributed by atoms with Gasteiger partial charge in [0.15, 0.2) is 0 Å². The summed E-state index contributed by atoms with van der Waals surface area (Å²) in [5, 5.41) is 0. The first-order valence-electron chi connectivity index (χ1n) is 19.5. The number of benzene rings is 8. The first-order chi connectivity index (χ1) is 26.9. The van der Waals surface area contributed by atoms with Gasteiger partial charge >= 0.3 is 0 Å². The molecule has 8 aromatic carbocycles. The predicted molar refractivity (Wildman–Crippen MR) is 230 cm³/mol. The first kappa shape index (κ1) is 32.0. The van der Waals surface area contributed by atoms with Crippen molar-refractivity contribution in [1.29, 1.82) is 0 Å². The summed E-state index contributed by atoms with van der Waals surface area (Å²) < 4.78 is 0. The van der Waals surface area contributed by atoms with Gasteiger partial charge in [-0.25, -0.2) is 0 Å². The van der Waals surface area contributed by atoms with Crippen molar-refractivity contribution >= 4 is 17.1 Å². The largest absolute Gasteiger partial charge is 0.310 e. The molecule has 11 rings (SSSR count). The normalized spacial score (nSPS) is 14.5. The van der Waals surface area contributed by atoms with Crippen LogP contribution in [0.4, 0.5) is 17.1 Å². The molecule has 262 valence electrons. The van der Waals surface area contributed by atoms with Crippen LogP contribution in [0.2, 0.25) is 0 Å². The van der Waals surface area contributed by atoms with E-state index in [-0.39, 0.29) is 5.41 Å². The summed E-state index contributed by atoms with van der Waals surface area (Å²) in [7, 11) is 0. The Balaban J connectivity index is 1.17. The van der Waals surface area contributed by atoms with Crippen molar-refractivity contribution in [2.45, 2.75) is 38.5 Å². The lowest BCUT2D eigenvalue weighted by atomic mass is 9.70. The van der Waals surface area contributed by atoms with Crippen LogP contribution in [0.25, 0.3) is 44.5 Å². The lowest BCUT2D eigenvalue weighted by Crippen LogP contribution is -2.26. The van der Waals surface area contributed by atoms with E-state index in [1.165, 1.54) is 94.7 Å². The van der Waals surface area contributed by atoms with Crippen molar-refractivity contribution in [2.75, 3.05) is 4.90 Å². The zero-order valence-electron chi connectivity index (χ0n) is 31.7. The fourth-order valence-corrected chi connectivity index (χ4v) is 10.5. The molecule has 8 aromatic rings. The van der Waals surface area contributed by atoms with Gasteiger partial charge in [0, 0.05) is 22.5 Å². The third-order valence-corrected chi connectivity index (χ3v) is 13.0. The number of hydrogen-bond donors (Lipinski definition) is 0. The Morgan fingerprint density at radius 1 is 0.345 bits per heavy atom. The zero-order valence-corrected chi connectivity index (χ0v) is 31.7. The Morgan fingerprint density at radius 2 is 0.818 bits per heavy atom. The summed E-state index contributed by atoms with van der Waals surface area (Å²) in [6.07, 6.45) is 0. The third-order valence-electron chi connectivity index (χ3n) is 13.0. The van der Waals surface area contributed by atoms with E-state index in [9.17, 15) is 0 Å². The van der Waals surface area contributed by atoms with Crippen molar-refractivity contribution < 1.29 is 0 Å². The van der Waals surface area contributed by atoms with Crippen LogP contribution in [0.15, 0.2) is 176 Å². The number of anilines is 3. The maximum absolute atomic E-state index is 2.51. The number of fused-ring (bicyclic) bond motifs is 13. The third kappa shape index (κ3) is 4.30. The lowest BCUT2D eigenvalue weighted by Gasteiger charge is -2.33. The van der Waals surface area contributed by atoms with E-state index < -0.39 is 5.41 Å². The average molecular weight is 704 g/mol. The standard InChI is InChI=1S/C54H41N/c1-34-15-5-6-16-39(34)36-25-30-52(35(2)31-36)55(37-27-29-47-45(32-37)43-20-7-11-21-46(43)53(47,3)4)38-26-28-44-42-19-10-14-24-50(42)54(51(44)33-38)48-22-12-8-17-40(48)41-18-9-13-23-49(41)54/h5-33H,1-4H3. The van der Waals surface area contributed by atoms with Crippen LogP contribution in [0.1, 0.15) is 58.4 Å². The molecule has 0 radical (unpaired) electrons. The molecule has 0 unspecified atom stereocenters. The van der Waals surface area contributed by atoms with E-state index in [0.717, 1.165) is 11.4 Å². The van der Waals surface area contributed by atoms with Crippen LogP contribution in [0.3, 0.4) is 0 Å². The van der Waals surface area contributed by atoms with Crippen molar-refractivity contribution in [3.05, 3.63) is 220 Å². The van der Waals surface area contributed by atoms with Crippen LogP contribution in [-0.2, 0) is 10.8 Å². The van der Waals surface area contributed by atoms with Crippen molar-refractivity contribution in [1.82, 2.24) is 0 Å². The van der Waals surface area contributed by atoms with E-state index in [2.05, 4.69) is 209 Å². The quantitative estimate of drug-likeness (QED) is 0.176. The highest BCUT2D eigenvalue weighted by Gasteiger charge is 2.51. The van der Waals surface area contributed by atoms with Crippen molar-refractivity contribution in [3.63, 3.8) is 0 Å². The lowest BCUT2D eigenvalue weighted by molar-refractivity contribution is 0.660. The number of aryl methyl sites for hydroxylation is 2. The van der Waals surface area contributed by atoms with Gasteiger partial charge in [0.1, 0.15) is 0 Å². The molecule has 1 spiro atoms. The second-order valence-electron chi connectivity index (χ2n) is 16.2. The Kier molecular flexibility index (Phi) is 6.72. The summed E-state index contributed by atoms with van der Waals surface area (Å²) in [5.74, 6) is 0. The molecular weight excluding hydrogens is 663 g/mol. The smallest absolute Gasteiger partial charge is 0.0726 e. The highest BCUT2D eigenvalue weighted by molar-refractivity contribution is 5.97. The molecule has 0 saturated carbocycles. The van der Waals surface area contributed by atoms with E-state index >= 15 is 0 Å². The van der Waals surface area contributed by atoms with Crippen LogP contribution in [-0.4, -0.2) is 0 Å². The van der Waals surface area contributed by atoms with Gasteiger partial charge in [0.25, 0.3) is 0 Å². The van der Waals surface area contributed by atoms with E-state index in [0.29, 0.717) is 0 Å². The van der Waals surface area contributed by atoms with Gasteiger partial charge in [0.05, 0.1) is 5.41 Å². The maximum atomic E-state index is 2.51.